The van der Waals surface area contributed by atoms with Crippen LogP contribution in [0.15, 0.2) is 59.4 Å². The van der Waals surface area contributed by atoms with E-state index in [2.05, 4.69) is 27.1 Å². The number of H-pyrrole nitrogens is 1. The topological polar surface area (TPSA) is 128 Å². The molecule has 1 fully saturated rings. The minimum Gasteiger partial charge on any atom is -0.463 e. The van der Waals surface area contributed by atoms with Crippen molar-refractivity contribution in [1.29, 1.82) is 0 Å². The Balaban J connectivity index is 1.26. The number of carbonyl (C=O) groups is 1. The van der Waals surface area contributed by atoms with Crippen LogP contribution in [0.5, 0.6) is 17.5 Å². The molecule has 4 aromatic rings. The van der Waals surface area contributed by atoms with Gasteiger partial charge in [-0.2, -0.15) is 9.97 Å². The molecular weight excluding hydrogens is 508 g/mol. The van der Waals surface area contributed by atoms with Crippen molar-refractivity contribution < 1.29 is 14.3 Å². The molecule has 10 heteroatoms. The molecule has 0 saturated heterocycles. The smallest absolute Gasteiger partial charge is 0.328 e. The molecule has 4 bridgehead atoms. The molecule has 6 rings (SSSR count). The second-order valence-corrected chi connectivity index (χ2v) is 10.2. The van der Waals surface area contributed by atoms with Crippen LogP contribution in [-0.4, -0.2) is 43.0 Å². The van der Waals surface area contributed by atoms with Gasteiger partial charge in [0.2, 0.25) is 5.91 Å². The molecule has 1 aliphatic carbocycles. The summed E-state index contributed by atoms with van der Waals surface area (Å²) in [6.45, 7) is 3.22. The quantitative estimate of drug-likeness (QED) is 0.349. The van der Waals surface area contributed by atoms with E-state index in [1.807, 2.05) is 54.3 Å². The fourth-order valence-electron chi connectivity index (χ4n) is 4.96. The van der Waals surface area contributed by atoms with E-state index in [1.54, 1.807) is 0 Å². The number of ether oxygens (including phenoxy) is 2. The van der Waals surface area contributed by atoms with Crippen LogP contribution in [0.2, 0.25) is 0 Å². The van der Waals surface area contributed by atoms with Crippen LogP contribution in [0.4, 0.5) is 5.82 Å². The highest BCUT2D eigenvalue weighted by Gasteiger charge is 2.31. The van der Waals surface area contributed by atoms with Gasteiger partial charge in [-0.15, -0.1) is 0 Å². The summed E-state index contributed by atoms with van der Waals surface area (Å²) in [7, 11) is 0. The van der Waals surface area contributed by atoms with E-state index >= 15 is 0 Å². The van der Waals surface area contributed by atoms with Crippen molar-refractivity contribution in [2.24, 2.45) is 0 Å². The zero-order chi connectivity index (χ0) is 27.6. The van der Waals surface area contributed by atoms with Gasteiger partial charge in [0, 0.05) is 19.0 Å². The number of amides is 1. The van der Waals surface area contributed by atoms with Gasteiger partial charge in [-0.05, 0) is 66.6 Å². The van der Waals surface area contributed by atoms with E-state index in [0.717, 1.165) is 41.0 Å². The highest BCUT2D eigenvalue weighted by atomic mass is 16.5. The van der Waals surface area contributed by atoms with Gasteiger partial charge in [0.15, 0.2) is 11.5 Å². The molecule has 1 saturated carbocycles. The number of hydrogen-bond donors (Lipinski definition) is 2. The van der Waals surface area contributed by atoms with Gasteiger partial charge in [0.05, 0.1) is 13.2 Å². The standard InChI is InChI=1S/C30H32N6O4/c1-2-25(37)35(22-10-11-22)17-19-7-12-23(13-8-19)40-24-14-9-20-16-21(24)6-4-3-5-15-39-29-33-27(31)26-28(34-29)36(18-20)30(38)32-26/h3-4,7-9,12-14,16,22H,2,5-6,10-11,15,17-18H2,1H3,(H,32,38)(H2,31,33,34)/b4-3+. The lowest BCUT2D eigenvalue weighted by molar-refractivity contribution is -0.132. The minimum absolute atomic E-state index is 0.149. The number of nitrogens with zero attached hydrogens (tertiary/aromatic N) is 4. The Morgan fingerprint density at radius 3 is 2.77 bits per heavy atom. The summed E-state index contributed by atoms with van der Waals surface area (Å²) in [6, 6.07) is 14.4. The highest BCUT2D eigenvalue weighted by Crippen LogP contribution is 2.31. The molecule has 2 aliphatic rings. The Bertz CT molecular complexity index is 1630. The third-order valence-electron chi connectivity index (χ3n) is 7.23. The molecule has 0 spiro atoms. The molecule has 0 unspecified atom stereocenters. The highest BCUT2D eigenvalue weighted by molar-refractivity contribution is 5.82. The second-order valence-electron chi connectivity index (χ2n) is 10.2. The zero-order valence-electron chi connectivity index (χ0n) is 22.4. The lowest BCUT2D eigenvalue weighted by Crippen LogP contribution is -2.31. The van der Waals surface area contributed by atoms with Gasteiger partial charge in [-0.25, -0.2) is 4.79 Å². The van der Waals surface area contributed by atoms with E-state index in [1.165, 1.54) is 4.57 Å². The van der Waals surface area contributed by atoms with E-state index in [9.17, 15) is 9.59 Å². The van der Waals surface area contributed by atoms with Crippen molar-refractivity contribution in [2.75, 3.05) is 12.3 Å². The molecular formula is C30H32N6O4. The van der Waals surface area contributed by atoms with Crippen LogP contribution < -0.4 is 20.9 Å². The Morgan fingerprint density at radius 1 is 1.18 bits per heavy atom. The molecule has 0 radical (unpaired) electrons. The number of aromatic nitrogens is 4. The number of nitrogens with two attached hydrogens (primary N) is 1. The summed E-state index contributed by atoms with van der Waals surface area (Å²) in [5.74, 6) is 1.83. The maximum Gasteiger partial charge on any atom is 0.328 e. The van der Waals surface area contributed by atoms with Crippen LogP contribution in [-0.2, 0) is 24.3 Å². The minimum atomic E-state index is -0.317. The second kappa shape index (κ2) is 10.9. The van der Waals surface area contributed by atoms with Crippen LogP contribution in [0.3, 0.4) is 0 Å². The number of rotatable bonds is 6. The third-order valence-corrected chi connectivity index (χ3v) is 7.23. The lowest BCUT2D eigenvalue weighted by atomic mass is 10.1. The van der Waals surface area contributed by atoms with Gasteiger partial charge in [-0.3, -0.25) is 9.36 Å². The number of nitrogen functional groups attached to an aromatic ring is 1. The van der Waals surface area contributed by atoms with E-state index in [4.69, 9.17) is 15.2 Å². The largest absolute Gasteiger partial charge is 0.463 e. The summed E-state index contributed by atoms with van der Waals surface area (Å²) >= 11 is 0. The number of anilines is 1. The summed E-state index contributed by atoms with van der Waals surface area (Å²) in [6.07, 6.45) is 8.15. The Kier molecular flexibility index (Phi) is 6.98. The lowest BCUT2D eigenvalue weighted by Gasteiger charge is -2.22. The normalized spacial score (nSPS) is 15.8. The SMILES string of the molecule is CCC(=O)N(Cc1ccc(Oc2ccc3cc2C/C=C/CCOc2nc(N)c4[nH]c(=O)n(c4n2)C3)cc1)C1CC1. The average molecular weight is 541 g/mol. The first kappa shape index (κ1) is 25.7. The predicted molar refractivity (Wildman–Crippen MR) is 151 cm³/mol. The molecule has 206 valence electrons. The van der Waals surface area contributed by atoms with E-state index in [-0.39, 0.29) is 23.4 Å². The number of fused-ring (bicyclic) bond motifs is 3. The van der Waals surface area contributed by atoms with Gasteiger partial charge in [-0.1, -0.05) is 37.3 Å². The first-order valence-electron chi connectivity index (χ1n) is 13.7. The molecule has 40 heavy (non-hydrogen) atoms. The molecule has 3 heterocycles. The van der Waals surface area contributed by atoms with E-state index in [0.29, 0.717) is 56.2 Å². The molecule has 2 aromatic carbocycles. The van der Waals surface area contributed by atoms with Crippen LogP contribution in [0, 0.1) is 0 Å². The van der Waals surface area contributed by atoms with Gasteiger partial charge >= 0.3 is 11.7 Å². The fourth-order valence-corrected chi connectivity index (χ4v) is 4.96. The first-order chi connectivity index (χ1) is 19.5. The van der Waals surface area contributed by atoms with Crippen molar-refractivity contribution in [1.82, 2.24) is 24.4 Å². The molecule has 10 nitrogen and oxygen atoms in total. The summed E-state index contributed by atoms with van der Waals surface area (Å²) < 4.78 is 13.5. The van der Waals surface area contributed by atoms with Crippen molar-refractivity contribution in [3.63, 3.8) is 0 Å². The Morgan fingerprint density at radius 2 is 2.00 bits per heavy atom. The van der Waals surface area contributed by atoms with E-state index < -0.39 is 0 Å². The summed E-state index contributed by atoms with van der Waals surface area (Å²) in [5, 5.41) is 0. The fraction of sp³-hybridized carbons (Fsp3) is 0.333. The number of aromatic amines is 1. The molecule has 1 amide bonds. The summed E-state index contributed by atoms with van der Waals surface area (Å²) in [5.41, 5.74) is 9.55. The Hall–Kier alpha value is -4.60. The van der Waals surface area contributed by atoms with Crippen LogP contribution in [0.25, 0.3) is 11.2 Å². The number of carbonyl (C=O) groups excluding carboxylic acids is 1. The predicted octanol–water partition coefficient (Wildman–Crippen LogP) is 4.32. The van der Waals surface area contributed by atoms with Crippen molar-refractivity contribution >= 4 is 22.9 Å². The molecule has 2 aromatic heterocycles. The Labute approximate surface area is 231 Å². The van der Waals surface area contributed by atoms with Gasteiger partial charge in [0.25, 0.3) is 0 Å². The number of nitrogens with one attached hydrogen (secondary N) is 1. The zero-order valence-corrected chi connectivity index (χ0v) is 22.4. The maximum atomic E-state index is 12.8. The van der Waals surface area contributed by atoms with Gasteiger partial charge in [0.1, 0.15) is 17.0 Å². The average Bonchev–Trinajstić information content (AvgIpc) is 3.75. The number of hydrogen-bond acceptors (Lipinski definition) is 7. The summed E-state index contributed by atoms with van der Waals surface area (Å²) in [4.78, 5) is 38.5. The van der Waals surface area contributed by atoms with Crippen LogP contribution in [0.1, 0.15) is 49.3 Å². The van der Waals surface area contributed by atoms with Gasteiger partial charge < -0.3 is 25.1 Å². The number of benzene rings is 2. The third kappa shape index (κ3) is 5.42. The van der Waals surface area contributed by atoms with Crippen molar-refractivity contribution in [3.8, 4) is 17.5 Å². The first-order valence-corrected chi connectivity index (χ1v) is 13.7. The van der Waals surface area contributed by atoms with Crippen molar-refractivity contribution in [2.45, 2.75) is 58.2 Å². The molecule has 1 aliphatic heterocycles. The molecule has 3 N–H and O–H groups in total. The maximum absolute atomic E-state index is 12.8. The monoisotopic (exact) mass is 540 g/mol. The number of allylic oxidation sites excluding steroid dienone is 1. The van der Waals surface area contributed by atoms with Crippen molar-refractivity contribution in [3.05, 3.63) is 81.8 Å². The van der Waals surface area contributed by atoms with Crippen LogP contribution >= 0.6 is 0 Å². The molecule has 0 atom stereocenters. The number of imidazole rings is 1.